The average molecular weight is 274 g/mol. The summed E-state index contributed by atoms with van der Waals surface area (Å²) in [5.74, 6) is 0. The van der Waals surface area contributed by atoms with E-state index in [9.17, 15) is 0 Å². The SMILES string of the molecule is Cc1cc2nc3ccc(C)c(N)c3cc2cc1N.Cl. The molecular formula is C15H16ClN3. The van der Waals surface area contributed by atoms with Crippen LogP contribution in [0.25, 0.3) is 21.8 Å². The Morgan fingerprint density at radius 2 is 1.63 bits per heavy atom. The summed E-state index contributed by atoms with van der Waals surface area (Å²) in [4.78, 5) is 4.65. The fourth-order valence-electron chi connectivity index (χ4n) is 2.21. The van der Waals surface area contributed by atoms with E-state index in [0.717, 1.165) is 44.3 Å². The predicted octanol–water partition coefficient (Wildman–Crippen LogP) is 3.59. The zero-order valence-corrected chi connectivity index (χ0v) is 11.7. The molecule has 0 radical (unpaired) electrons. The number of pyridine rings is 1. The summed E-state index contributed by atoms with van der Waals surface area (Å²) in [7, 11) is 0. The van der Waals surface area contributed by atoms with E-state index in [4.69, 9.17) is 11.5 Å². The fraction of sp³-hybridized carbons (Fsp3) is 0.133. The first-order valence-electron chi connectivity index (χ1n) is 5.92. The van der Waals surface area contributed by atoms with Crippen LogP contribution in [0, 0.1) is 13.8 Å². The second-order valence-electron chi connectivity index (χ2n) is 4.75. The van der Waals surface area contributed by atoms with Crippen LogP contribution in [0.2, 0.25) is 0 Å². The Hall–Kier alpha value is -2.00. The number of fused-ring (bicyclic) bond motifs is 2. The van der Waals surface area contributed by atoms with Gasteiger partial charge in [-0.1, -0.05) is 6.07 Å². The van der Waals surface area contributed by atoms with E-state index in [1.54, 1.807) is 0 Å². The highest BCUT2D eigenvalue weighted by molar-refractivity contribution is 6.00. The maximum atomic E-state index is 6.11. The number of benzene rings is 2. The summed E-state index contributed by atoms with van der Waals surface area (Å²) in [5.41, 5.74) is 17.6. The lowest BCUT2D eigenvalue weighted by Crippen LogP contribution is -1.94. The van der Waals surface area contributed by atoms with Crippen LogP contribution >= 0.6 is 12.4 Å². The van der Waals surface area contributed by atoms with Gasteiger partial charge in [0.1, 0.15) is 0 Å². The second-order valence-corrected chi connectivity index (χ2v) is 4.75. The normalized spacial score (nSPS) is 10.6. The molecule has 4 heteroatoms. The minimum Gasteiger partial charge on any atom is -0.398 e. The highest BCUT2D eigenvalue weighted by atomic mass is 35.5. The molecule has 0 amide bonds. The number of anilines is 2. The molecule has 3 aromatic rings. The number of aryl methyl sites for hydroxylation is 2. The molecule has 0 aliphatic carbocycles. The number of hydrogen-bond acceptors (Lipinski definition) is 3. The molecule has 0 aliphatic heterocycles. The van der Waals surface area contributed by atoms with Crippen molar-refractivity contribution in [1.29, 1.82) is 0 Å². The fourth-order valence-corrected chi connectivity index (χ4v) is 2.21. The molecule has 0 bridgehead atoms. The highest BCUT2D eigenvalue weighted by Crippen LogP contribution is 2.28. The predicted molar refractivity (Wildman–Crippen MR) is 84.8 cm³/mol. The van der Waals surface area contributed by atoms with Gasteiger partial charge in [0.2, 0.25) is 0 Å². The second kappa shape index (κ2) is 4.59. The smallest absolute Gasteiger partial charge is 0.0730 e. The van der Waals surface area contributed by atoms with Crippen LogP contribution in [0.1, 0.15) is 11.1 Å². The molecule has 0 atom stereocenters. The summed E-state index contributed by atoms with van der Waals surface area (Å²) in [5, 5.41) is 2.02. The highest BCUT2D eigenvalue weighted by Gasteiger charge is 2.06. The minimum absolute atomic E-state index is 0. The third-order valence-corrected chi connectivity index (χ3v) is 3.44. The Morgan fingerprint density at radius 3 is 2.37 bits per heavy atom. The van der Waals surface area contributed by atoms with Gasteiger partial charge in [0.15, 0.2) is 0 Å². The van der Waals surface area contributed by atoms with Crippen LogP contribution < -0.4 is 11.5 Å². The minimum atomic E-state index is 0. The van der Waals surface area contributed by atoms with E-state index in [2.05, 4.69) is 11.1 Å². The Kier molecular flexibility index (Phi) is 3.25. The van der Waals surface area contributed by atoms with Crippen LogP contribution in [0.15, 0.2) is 30.3 Å². The Labute approximate surface area is 118 Å². The molecule has 0 saturated heterocycles. The van der Waals surface area contributed by atoms with E-state index < -0.39 is 0 Å². The van der Waals surface area contributed by atoms with Crippen molar-refractivity contribution in [2.75, 3.05) is 11.5 Å². The van der Waals surface area contributed by atoms with Crippen molar-refractivity contribution in [3.63, 3.8) is 0 Å². The maximum absolute atomic E-state index is 6.11. The molecule has 3 nitrogen and oxygen atoms in total. The number of halogens is 1. The largest absolute Gasteiger partial charge is 0.398 e. The van der Waals surface area contributed by atoms with Crippen molar-refractivity contribution in [3.05, 3.63) is 41.5 Å². The van der Waals surface area contributed by atoms with E-state index in [0.29, 0.717) is 0 Å². The van der Waals surface area contributed by atoms with Crippen molar-refractivity contribution >= 4 is 45.6 Å². The van der Waals surface area contributed by atoms with Gasteiger partial charge in [-0.15, -0.1) is 12.4 Å². The van der Waals surface area contributed by atoms with E-state index in [1.165, 1.54) is 0 Å². The zero-order chi connectivity index (χ0) is 12.9. The van der Waals surface area contributed by atoms with Crippen LogP contribution in [-0.2, 0) is 0 Å². The Bertz CT molecular complexity index is 781. The molecule has 2 aromatic carbocycles. The first-order chi connectivity index (χ1) is 8.56. The van der Waals surface area contributed by atoms with Crippen molar-refractivity contribution < 1.29 is 0 Å². The Balaban J connectivity index is 0.00000133. The van der Waals surface area contributed by atoms with Gasteiger partial charge in [-0.05, 0) is 49.2 Å². The van der Waals surface area contributed by atoms with Crippen molar-refractivity contribution in [2.45, 2.75) is 13.8 Å². The number of rotatable bonds is 0. The van der Waals surface area contributed by atoms with E-state index in [-0.39, 0.29) is 12.4 Å². The lowest BCUT2D eigenvalue weighted by Gasteiger charge is -2.08. The van der Waals surface area contributed by atoms with Gasteiger partial charge in [0, 0.05) is 22.1 Å². The lowest BCUT2D eigenvalue weighted by atomic mass is 10.0. The van der Waals surface area contributed by atoms with Gasteiger partial charge in [0.25, 0.3) is 0 Å². The standard InChI is InChI=1S/C15H15N3.ClH/c1-8-3-4-13-11(15(8)17)6-10-7-12(16)9(2)5-14(10)18-13;/h3-7H,16-17H2,1-2H3;1H. The summed E-state index contributed by atoms with van der Waals surface area (Å²) in [6.45, 7) is 3.99. The molecule has 3 rings (SSSR count). The number of nitrogens with two attached hydrogens (primary N) is 2. The molecule has 0 aliphatic rings. The van der Waals surface area contributed by atoms with Gasteiger partial charge >= 0.3 is 0 Å². The first-order valence-corrected chi connectivity index (χ1v) is 5.92. The molecule has 19 heavy (non-hydrogen) atoms. The monoisotopic (exact) mass is 273 g/mol. The molecule has 0 fully saturated rings. The molecule has 1 heterocycles. The van der Waals surface area contributed by atoms with Gasteiger partial charge in [-0.2, -0.15) is 0 Å². The molecule has 0 spiro atoms. The van der Waals surface area contributed by atoms with E-state index in [1.807, 2.05) is 38.1 Å². The summed E-state index contributed by atoms with van der Waals surface area (Å²) in [6, 6.07) is 10.0. The summed E-state index contributed by atoms with van der Waals surface area (Å²) < 4.78 is 0. The number of nitrogen functional groups attached to an aromatic ring is 2. The number of hydrogen-bond donors (Lipinski definition) is 2. The third-order valence-electron chi connectivity index (χ3n) is 3.44. The van der Waals surface area contributed by atoms with Gasteiger partial charge < -0.3 is 11.5 Å². The molecule has 4 N–H and O–H groups in total. The third kappa shape index (κ3) is 2.06. The first kappa shape index (κ1) is 13.4. The molecule has 1 aromatic heterocycles. The lowest BCUT2D eigenvalue weighted by molar-refractivity contribution is 1.43. The van der Waals surface area contributed by atoms with Gasteiger partial charge in [-0.25, -0.2) is 4.98 Å². The Morgan fingerprint density at radius 1 is 0.895 bits per heavy atom. The van der Waals surface area contributed by atoms with Crippen molar-refractivity contribution in [2.24, 2.45) is 0 Å². The van der Waals surface area contributed by atoms with Gasteiger partial charge in [0.05, 0.1) is 11.0 Å². The summed E-state index contributed by atoms with van der Waals surface area (Å²) in [6.07, 6.45) is 0. The van der Waals surface area contributed by atoms with E-state index >= 15 is 0 Å². The number of aromatic nitrogens is 1. The van der Waals surface area contributed by atoms with Crippen LogP contribution in [0.4, 0.5) is 11.4 Å². The molecular weight excluding hydrogens is 258 g/mol. The molecule has 98 valence electrons. The van der Waals surface area contributed by atoms with Crippen LogP contribution in [0.5, 0.6) is 0 Å². The number of nitrogens with zero attached hydrogens (tertiary/aromatic N) is 1. The quantitative estimate of drug-likeness (QED) is 0.486. The van der Waals surface area contributed by atoms with Crippen LogP contribution in [0.3, 0.4) is 0 Å². The molecule has 0 saturated carbocycles. The maximum Gasteiger partial charge on any atom is 0.0730 e. The van der Waals surface area contributed by atoms with Crippen LogP contribution in [-0.4, -0.2) is 4.98 Å². The topological polar surface area (TPSA) is 64.9 Å². The van der Waals surface area contributed by atoms with Gasteiger partial charge in [-0.3, -0.25) is 0 Å². The summed E-state index contributed by atoms with van der Waals surface area (Å²) >= 11 is 0. The van der Waals surface area contributed by atoms with Crippen molar-refractivity contribution in [3.8, 4) is 0 Å². The van der Waals surface area contributed by atoms with Crippen molar-refractivity contribution in [1.82, 2.24) is 4.98 Å². The molecule has 0 unspecified atom stereocenters. The zero-order valence-electron chi connectivity index (χ0n) is 10.9. The average Bonchev–Trinajstić information content (AvgIpc) is 2.34.